The largest absolute Gasteiger partial charge is 0.352 e. The zero-order valence-electron chi connectivity index (χ0n) is 21.7. The van der Waals surface area contributed by atoms with E-state index in [0.717, 1.165) is 17.4 Å². The molecule has 204 valence electrons. The van der Waals surface area contributed by atoms with E-state index in [1.165, 1.54) is 9.21 Å². The predicted octanol–water partition coefficient (Wildman–Crippen LogP) is 5.83. The number of carbonyl (C=O) groups excluding carboxylic acids is 2. The van der Waals surface area contributed by atoms with Crippen LogP contribution in [0.25, 0.3) is 0 Å². The van der Waals surface area contributed by atoms with Crippen molar-refractivity contribution >= 4 is 62.3 Å². The first-order valence-corrected chi connectivity index (χ1v) is 15.0. The highest BCUT2D eigenvalue weighted by molar-refractivity contribution is 7.92. The Bertz CT molecular complexity index is 1220. The van der Waals surface area contributed by atoms with Crippen LogP contribution in [-0.4, -0.2) is 50.0 Å². The van der Waals surface area contributed by atoms with Crippen LogP contribution in [0.1, 0.15) is 51.2 Å². The molecule has 0 fully saturated rings. The van der Waals surface area contributed by atoms with Gasteiger partial charge in [-0.1, -0.05) is 53.9 Å². The van der Waals surface area contributed by atoms with Gasteiger partial charge in [-0.05, 0) is 69.0 Å². The second kappa shape index (κ2) is 13.7. The molecule has 2 aromatic carbocycles. The van der Waals surface area contributed by atoms with Crippen molar-refractivity contribution in [3.8, 4) is 0 Å². The van der Waals surface area contributed by atoms with Crippen LogP contribution in [0.3, 0.4) is 0 Å². The van der Waals surface area contributed by atoms with E-state index in [-0.39, 0.29) is 43.8 Å². The molecule has 11 heteroatoms. The van der Waals surface area contributed by atoms with Crippen LogP contribution in [0.5, 0.6) is 0 Å². The van der Waals surface area contributed by atoms with Crippen LogP contribution in [0.15, 0.2) is 36.4 Å². The molecule has 0 radical (unpaired) electrons. The van der Waals surface area contributed by atoms with E-state index in [1.807, 2.05) is 20.8 Å². The van der Waals surface area contributed by atoms with E-state index in [0.29, 0.717) is 27.2 Å². The highest BCUT2D eigenvalue weighted by Crippen LogP contribution is 2.27. The van der Waals surface area contributed by atoms with E-state index in [1.54, 1.807) is 43.3 Å². The van der Waals surface area contributed by atoms with E-state index in [2.05, 4.69) is 5.32 Å². The molecule has 0 aliphatic carbocycles. The molecule has 0 bridgehead atoms. The van der Waals surface area contributed by atoms with E-state index in [9.17, 15) is 18.0 Å². The zero-order chi connectivity index (χ0) is 27.9. The molecular formula is C26H34Cl3N3O4S. The summed E-state index contributed by atoms with van der Waals surface area (Å²) in [5, 5.41) is 4.05. The maximum atomic E-state index is 13.5. The quantitative estimate of drug-likeness (QED) is 0.337. The average Bonchev–Trinajstić information content (AvgIpc) is 2.79. The highest BCUT2D eigenvalue weighted by atomic mass is 35.5. The number of nitrogens with one attached hydrogen (secondary N) is 1. The molecule has 0 spiro atoms. The van der Waals surface area contributed by atoms with Gasteiger partial charge < -0.3 is 10.2 Å². The summed E-state index contributed by atoms with van der Waals surface area (Å²) in [6.07, 6.45) is 1.81. The van der Waals surface area contributed by atoms with E-state index in [4.69, 9.17) is 34.8 Å². The van der Waals surface area contributed by atoms with Crippen LogP contribution in [0.2, 0.25) is 15.1 Å². The number of anilines is 1. The standard InChI is InChI=1S/C26H34Cl3N3O4S/c1-6-23(26(34)30-17(2)3)31(16-19-10-12-21(28)22(29)14-19)25(33)8-7-13-32(37(5,35)36)24-15-20(27)11-9-18(24)4/h9-12,14-15,17,23H,6-8,13,16H2,1-5H3,(H,30,34)/t23-/m1/s1. The normalized spacial score (nSPS) is 12.4. The number of sulfonamides is 1. The van der Waals surface area contributed by atoms with Crippen molar-refractivity contribution in [2.45, 2.75) is 65.6 Å². The molecule has 0 aromatic heterocycles. The Labute approximate surface area is 235 Å². The number of amides is 2. The molecule has 2 aromatic rings. The lowest BCUT2D eigenvalue weighted by atomic mass is 10.1. The third-order valence-electron chi connectivity index (χ3n) is 5.75. The van der Waals surface area contributed by atoms with Crippen LogP contribution < -0.4 is 9.62 Å². The molecule has 2 rings (SSSR count). The minimum atomic E-state index is -3.62. The number of hydrogen-bond acceptors (Lipinski definition) is 4. The lowest BCUT2D eigenvalue weighted by Crippen LogP contribution is -2.50. The van der Waals surface area contributed by atoms with Gasteiger partial charge in [0.2, 0.25) is 21.8 Å². The summed E-state index contributed by atoms with van der Waals surface area (Å²) in [7, 11) is -3.62. The number of benzene rings is 2. The summed E-state index contributed by atoms with van der Waals surface area (Å²) in [6, 6.07) is 9.32. The van der Waals surface area contributed by atoms with Gasteiger partial charge in [-0.25, -0.2) is 8.42 Å². The van der Waals surface area contributed by atoms with Gasteiger partial charge in [0.25, 0.3) is 0 Å². The van der Waals surface area contributed by atoms with Crippen molar-refractivity contribution in [2.75, 3.05) is 17.1 Å². The fraction of sp³-hybridized carbons (Fsp3) is 0.462. The second-order valence-electron chi connectivity index (χ2n) is 9.23. The van der Waals surface area contributed by atoms with Crippen LogP contribution >= 0.6 is 34.8 Å². The van der Waals surface area contributed by atoms with Crippen molar-refractivity contribution < 1.29 is 18.0 Å². The molecule has 1 N–H and O–H groups in total. The lowest BCUT2D eigenvalue weighted by molar-refractivity contribution is -0.141. The van der Waals surface area contributed by atoms with Gasteiger partial charge in [-0.3, -0.25) is 13.9 Å². The third-order valence-corrected chi connectivity index (χ3v) is 7.90. The van der Waals surface area contributed by atoms with E-state index >= 15 is 0 Å². The van der Waals surface area contributed by atoms with Gasteiger partial charge in [0.1, 0.15) is 6.04 Å². The van der Waals surface area contributed by atoms with Gasteiger partial charge in [-0.15, -0.1) is 0 Å². The number of hydrogen-bond donors (Lipinski definition) is 1. The molecule has 1 atom stereocenters. The summed E-state index contributed by atoms with van der Waals surface area (Å²) in [5.41, 5.74) is 1.95. The summed E-state index contributed by atoms with van der Waals surface area (Å²) >= 11 is 18.3. The Kier molecular flexibility index (Phi) is 11.6. The minimum absolute atomic E-state index is 0.0401. The Hall–Kier alpha value is -2.00. The topological polar surface area (TPSA) is 86.8 Å². The highest BCUT2D eigenvalue weighted by Gasteiger charge is 2.29. The van der Waals surface area contributed by atoms with Crippen LogP contribution in [-0.2, 0) is 26.2 Å². The number of rotatable bonds is 12. The summed E-state index contributed by atoms with van der Waals surface area (Å²) in [6.45, 7) is 7.59. The second-order valence-corrected chi connectivity index (χ2v) is 12.4. The van der Waals surface area contributed by atoms with Crippen molar-refractivity contribution in [1.82, 2.24) is 10.2 Å². The molecule has 0 aliphatic heterocycles. The molecule has 7 nitrogen and oxygen atoms in total. The Morgan fingerprint density at radius 1 is 1.03 bits per heavy atom. The number of halogens is 3. The number of aryl methyl sites for hydroxylation is 1. The number of carbonyl (C=O) groups is 2. The Morgan fingerprint density at radius 3 is 2.27 bits per heavy atom. The van der Waals surface area contributed by atoms with Gasteiger partial charge in [0.05, 0.1) is 22.0 Å². The molecule has 2 amide bonds. The first-order valence-electron chi connectivity index (χ1n) is 12.0. The first kappa shape index (κ1) is 31.2. The van der Waals surface area contributed by atoms with Gasteiger partial charge in [0.15, 0.2) is 0 Å². The van der Waals surface area contributed by atoms with Crippen molar-refractivity contribution in [3.05, 3.63) is 62.6 Å². The molecule has 0 saturated heterocycles. The van der Waals surface area contributed by atoms with Crippen molar-refractivity contribution in [2.24, 2.45) is 0 Å². The van der Waals surface area contributed by atoms with Gasteiger partial charge in [0, 0.05) is 30.6 Å². The summed E-state index contributed by atoms with van der Waals surface area (Å²) in [4.78, 5) is 28.0. The fourth-order valence-electron chi connectivity index (χ4n) is 3.97. The van der Waals surface area contributed by atoms with Gasteiger partial charge in [-0.2, -0.15) is 0 Å². The number of nitrogens with zero attached hydrogens (tertiary/aromatic N) is 2. The molecule has 37 heavy (non-hydrogen) atoms. The van der Waals surface area contributed by atoms with E-state index < -0.39 is 16.1 Å². The average molecular weight is 591 g/mol. The maximum Gasteiger partial charge on any atom is 0.243 e. The Morgan fingerprint density at radius 2 is 1.70 bits per heavy atom. The molecule has 0 aliphatic rings. The summed E-state index contributed by atoms with van der Waals surface area (Å²) in [5.74, 6) is -0.522. The molecular weight excluding hydrogens is 557 g/mol. The van der Waals surface area contributed by atoms with Crippen LogP contribution in [0, 0.1) is 6.92 Å². The smallest absolute Gasteiger partial charge is 0.243 e. The lowest BCUT2D eigenvalue weighted by Gasteiger charge is -2.32. The maximum absolute atomic E-state index is 13.5. The van der Waals surface area contributed by atoms with Crippen LogP contribution in [0.4, 0.5) is 5.69 Å². The Balaban J connectivity index is 2.28. The SMILES string of the molecule is CC[C@H](C(=O)NC(C)C)N(Cc1ccc(Cl)c(Cl)c1)C(=O)CCCN(c1cc(Cl)ccc1C)S(C)(=O)=O. The monoisotopic (exact) mass is 589 g/mol. The molecule has 0 saturated carbocycles. The fourth-order valence-corrected chi connectivity index (χ4v) is 5.47. The minimum Gasteiger partial charge on any atom is -0.352 e. The van der Waals surface area contributed by atoms with Crippen molar-refractivity contribution in [1.29, 1.82) is 0 Å². The molecule has 0 unspecified atom stereocenters. The first-order chi connectivity index (χ1) is 17.2. The summed E-state index contributed by atoms with van der Waals surface area (Å²) < 4.78 is 26.4. The predicted molar refractivity (Wildman–Crippen MR) is 152 cm³/mol. The zero-order valence-corrected chi connectivity index (χ0v) is 24.8. The molecule has 0 heterocycles. The van der Waals surface area contributed by atoms with Crippen molar-refractivity contribution in [3.63, 3.8) is 0 Å². The third kappa shape index (κ3) is 9.06. The van der Waals surface area contributed by atoms with Gasteiger partial charge >= 0.3 is 0 Å².